The molecule has 0 N–H and O–H groups in total. The fourth-order valence-electron chi connectivity index (χ4n) is 6.32. The van der Waals surface area contributed by atoms with E-state index in [0.29, 0.717) is 5.89 Å². The Morgan fingerprint density at radius 1 is 0.444 bits per heavy atom. The third-order valence-corrected chi connectivity index (χ3v) is 8.47. The molecule has 45 heavy (non-hydrogen) atoms. The van der Waals surface area contributed by atoms with Crippen LogP contribution in [0.15, 0.2) is 167 Å². The summed E-state index contributed by atoms with van der Waals surface area (Å²) in [7, 11) is 0. The van der Waals surface area contributed by atoms with Gasteiger partial charge in [0.25, 0.3) is 0 Å². The number of hydrogen-bond donors (Lipinski definition) is 0. The third-order valence-electron chi connectivity index (χ3n) is 8.47. The molecule has 212 valence electrons. The maximum absolute atomic E-state index is 6.83. The van der Waals surface area contributed by atoms with E-state index in [1.165, 1.54) is 11.1 Å². The van der Waals surface area contributed by atoms with E-state index in [1.807, 2.05) is 42.5 Å². The molecule has 0 unspecified atom stereocenters. The first-order valence-electron chi connectivity index (χ1n) is 15.0. The van der Waals surface area contributed by atoms with Gasteiger partial charge in [-0.3, -0.25) is 0 Å². The van der Waals surface area contributed by atoms with Crippen molar-refractivity contribution in [1.29, 1.82) is 0 Å². The van der Waals surface area contributed by atoms with Crippen LogP contribution >= 0.6 is 0 Å². The van der Waals surface area contributed by atoms with Crippen LogP contribution in [-0.4, -0.2) is 4.98 Å². The van der Waals surface area contributed by atoms with Gasteiger partial charge in [-0.15, -0.1) is 0 Å². The van der Waals surface area contributed by atoms with Crippen LogP contribution in [0, 0.1) is 0 Å². The van der Waals surface area contributed by atoms with Crippen LogP contribution in [0.3, 0.4) is 0 Å². The quantitative estimate of drug-likeness (QED) is 0.204. The zero-order chi connectivity index (χ0) is 29.7. The van der Waals surface area contributed by atoms with Gasteiger partial charge in [-0.2, -0.15) is 0 Å². The molecule has 4 heteroatoms. The fraction of sp³-hybridized carbons (Fsp3) is 0. The van der Waals surface area contributed by atoms with Crippen molar-refractivity contribution in [2.75, 3.05) is 4.90 Å². The Labute approximate surface area is 259 Å². The average Bonchev–Trinajstić information content (AvgIpc) is 3.71. The van der Waals surface area contributed by atoms with Crippen LogP contribution < -0.4 is 4.90 Å². The van der Waals surface area contributed by atoms with Gasteiger partial charge < -0.3 is 13.7 Å². The molecule has 0 saturated heterocycles. The van der Waals surface area contributed by atoms with E-state index in [9.17, 15) is 0 Å². The van der Waals surface area contributed by atoms with Crippen molar-refractivity contribution in [3.63, 3.8) is 0 Å². The Morgan fingerprint density at radius 2 is 1.11 bits per heavy atom. The Balaban J connectivity index is 1.28. The van der Waals surface area contributed by atoms with Crippen LogP contribution in [-0.2, 0) is 0 Å². The second-order valence-electron chi connectivity index (χ2n) is 11.2. The maximum atomic E-state index is 6.83. The summed E-state index contributed by atoms with van der Waals surface area (Å²) in [5, 5.41) is 4.36. The lowest BCUT2D eigenvalue weighted by atomic mass is 10.0. The van der Waals surface area contributed by atoms with Gasteiger partial charge >= 0.3 is 0 Å². The summed E-state index contributed by atoms with van der Waals surface area (Å²) in [4.78, 5) is 7.04. The highest BCUT2D eigenvalue weighted by molar-refractivity contribution is 6.19. The number of rotatable bonds is 5. The number of fused-ring (bicyclic) bond motifs is 5. The lowest BCUT2D eigenvalue weighted by molar-refractivity contribution is 0.619. The molecule has 0 fully saturated rings. The number of aromatic nitrogens is 1. The van der Waals surface area contributed by atoms with Gasteiger partial charge in [-0.1, -0.05) is 97.1 Å². The molecule has 2 aromatic heterocycles. The summed E-state index contributed by atoms with van der Waals surface area (Å²) in [5.41, 5.74) is 9.55. The van der Waals surface area contributed by atoms with Gasteiger partial charge in [-0.05, 0) is 77.2 Å². The summed E-state index contributed by atoms with van der Waals surface area (Å²) in [6.45, 7) is 0. The fourth-order valence-corrected chi connectivity index (χ4v) is 6.32. The highest BCUT2D eigenvalue weighted by Crippen LogP contribution is 2.47. The summed E-state index contributed by atoms with van der Waals surface area (Å²) >= 11 is 0. The molecule has 0 bridgehead atoms. The van der Waals surface area contributed by atoms with E-state index < -0.39 is 0 Å². The van der Waals surface area contributed by atoms with Crippen LogP contribution in [0.2, 0.25) is 0 Å². The molecule has 0 aliphatic heterocycles. The number of furan rings is 1. The van der Waals surface area contributed by atoms with Gasteiger partial charge in [0.1, 0.15) is 11.1 Å². The van der Waals surface area contributed by atoms with E-state index >= 15 is 0 Å². The summed E-state index contributed by atoms with van der Waals surface area (Å²) < 4.78 is 12.9. The van der Waals surface area contributed by atoms with Gasteiger partial charge in [-0.25, -0.2) is 4.98 Å². The van der Waals surface area contributed by atoms with Crippen molar-refractivity contribution in [1.82, 2.24) is 4.98 Å². The molecule has 0 amide bonds. The van der Waals surface area contributed by atoms with Crippen LogP contribution in [0.1, 0.15) is 0 Å². The number of oxazole rings is 1. The number of benzene rings is 7. The molecule has 9 rings (SSSR count). The topological polar surface area (TPSA) is 42.4 Å². The predicted molar refractivity (Wildman–Crippen MR) is 184 cm³/mol. The first-order valence-corrected chi connectivity index (χ1v) is 15.0. The van der Waals surface area contributed by atoms with Crippen molar-refractivity contribution in [2.24, 2.45) is 0 Å². The molecule has 9 aromatic rings. The minimum absolute atomic E-state index is 0.577. The van der Waals surface area contributed by atoms with E-state index in [2.05, 4.69) is 120 Å². The standard InChI is InChI=1S/C41H26N2O2/c1-3-11-27(12-4-1)28-19-22-32(23-20-28)43(31-14-5-2-6-15-31)39-33-16-8-7-13-29(33)25-35-34-24-21-30(26-38(34)44-40(35)39)41-42-36-17-9-10-18-37(36)45-41/h1-26H. The minimum Gasteiger partial charge on any atom is -0.454 e. The Kier molecular flexibility index (Phi) is 5.78. The number of hydrogen-bond acceptors (Lipinski definition) is 4. The zero-order valence-electron chi connectivity index (χ0n) is 24.2. The molecule has 4 nitrogen and oxygen atoms in total. The van der Waals surface area contributed by atoms with Crippen molar-refractivity contribution in [3.8, 4) is 22.6 Å². The van der Waals surface area contributed by atoms with E-state index in [1.54, 1.807) is 0 Å². The average molecular weight is 579 g/mol. The molecular weight excluding hydrogens is 552 g/mol. The van der Waals surface area contributed by atoms with Crippen molar-refractivity contribution < 1.29 is 8.83 Å². The Bertz CT molecular complexity index is 2440. The van der Waals surface area contributed by atoms with E-state index in [4.69, 9.17) is 13.8 Å². The highest BCUT2D eigenvalue weighted by Gasteiger charge is 2.23. The first-order chi connectivity index (χ1) is 22.3. The SMILES string of the molecule is c1ccc(-c2ccc(N(c3ccccc3)c3c4ccccc4cc4c3oc3cc(-c5nc6ccccc6o5)ccc34)cc2)cc1. The van der Waals surface area contributed by atoms with Crippen LogP contribution in [0.25, 0.3) is 66.4 Å². The molecule has 0 aliphatic rings. The molecular formula is C41H26N2O2. The number of para-hydroxylation sites is 3. The Morgan fingerprint density at radius 3 is 1.93 bits per heavy atom. The molecule has 0 spiro atoms. The Hall–Kier alpha value is -6.13. The van der Waals surface area contributed by atoms with E-state index in [-0.39, 0.29) is 0 Å². The molecule has 7 aromatic carbocycles. The largest absolute Gasteiger partial charge is 0.454 e. The predicted octanol–water partition coefficient (Wildman–Crippen LogP) is 11.7. The summed E-state index contributed by atoms with van der Waals surface area (Å²) in [6, 6.07) is 54.5. The number of nitrogens with zero attached hydrogens (tertiary/aromatic N) is 2. The second kappa shape index (κ2) is 10.2. The highest BCUT2D eigenvalue weighted by atomic mass is 16.3. The second-order valence-corrected chi connectivity index (χ2v) is 11.2. The lowest BCUT2D eigenvalue weighted by Gasteiger charge is -2.27. The van der Waals surface area contributed by atoms with Crippen LogP contribution in [0.4, 0.5) is 17.1 Å². The lowest BCUT2D eigenvalue weighted by Crippen LogP contribution is -2.10. The summed E-state index contributed by atoms with van der Waals surface area (Å²) in [6.07, 6.45) is 0. The van der Waals surface area contributed by atoms with Gasteiger partial charge in [0.2, 0.25) is 5.89 Å². The van der Waals surface area contributed by atoms with Crippen molar-refractivity contribution in [3.05, 3.63) is 158 Å². The molecule has 0 saturated carbocycles. The minimum atomic E-state index is 0.577. The van der Waals surface area contributed by atoms with Crippen LogP contribution in [0.5, 0.6) is 0 Å². The number of anilines is 3. The van der Waals surface area contributed by atoms with Gasteiger partial charge in [0.15, 0.2) is 11.2 Å². The molecule has 0 radical (unpaired) electrons. The van der Waals surface area contributed by atoms with Crippen molar-refractivity contribution in [2.45, 2.75) is 0 Å². The smallest absolute Gasteiger partial charge is 0.227 e. The normalized spacial score (nSPS) is 11.6. The summed E-state index contributed by atoms with van der Waals surface area (Å²) in [5.74, 6) is 0.577. The molecule has 0 atom stereocenters. The molecule has 0 aliphatic carbocycles. The maximum Gasteiger partial charge on any atom is 0.227 e. The monoisotopic (exact) mass is 578 g/mol. The van der Waals surface area contributed by atoms with Gasteiger partial charge in [0, 0.05) is 33.1 Å². The van der Waals surface area contributed by atoms with Crippen molar-refractivity contribution >= 4 is 60.9 Å². The van der Waals surface area contributed by atoms with E-state index in [0.717, 1.165) is 66.4 Å². The third kappa shape index (κ3) is 4.27. The first kappa shape index (κ1) is 25.4. The van der Waals surface area contributed by atoms with Gasteiger partial charge in [0.05, 0.1) is 5.69 Å². The zero-order valence-corrected chi connectivity index (χ0v) is 24.2. The molecule has 2 heterocycles.